The van der Waals surface area contributed by atoms with E-state index >= 15 is 0 Å². The fourth-order valence-corrected chi connectivity index (χ4v) is 2.94. The molecular weight excluding hydrogens is 398 g/mol. The zero-order chi connectivity index (χ0) is 22.6. The van der Waals surface area contributed by atoms with Crippen molar-refractivity contribution in [3.8, 4) is 0 Å². The molecule has 10 heteroatoms. The fraction of sp³-hybridized carbons (Fsp3) is 0.737. The molecule has 0 radical (unpaired) electrons. The van der Waals surface area contributed by atoms with E-state index < -0.39 is 41.8 Å². The number of carbonyl (C=O) groups is 5. The minimum Gasteiger partial charge on any atom is -0.481 e. The molecule has 0 heterocycles. The van der Waals surface area contributed by atoms with Gasteiger partial charge in [0.1, 0.15) is 12.1 Å². The molecule has 0 aromatic carbocycles. The topological polar surface area (TPSA) is 142 Å². The SMILES string of the molecule is CSCCC(NC(=O)CCC(=O)O)C(=O)NC(C)C(=O)NC(CC(C)C)C(C)=O. The Balaban J connectivity index is 4.90. The Morgan fingerprint density at radius 3 is 2.00 bits per heavy atom. The van der Waals surface area contributed by atoms with E-state index in [1.807, 2.05) is 20.1 Å². The Kier molecular flexibility index (Phi) is 13.0. The van der Waals surface area contributed by atoms with E-state index in [2.05, 4.69) is 16.0 Å². The maximum Gasteiger partial charge on any atom is 0.303 e. The molecule has 0 aliphatic heterocycles. The van der Waals surface area contributed by atoms with Crippen LogP contribution in [0.3, 0.4) is 0 Å². The van der Waals surface area contributed by atoms with Crippen molar-refractivity contribution in [1.29, 1.82) is 0 Å². The molecule has 0 rings (SSSR count). The summed E-state index contributed by atoms with van der Waals surface area (Å²) in [5, 5.41) is 16.4. The molecule has 4 N–H and O–H groups in total. The van der Waals surface area contributed by atoms with E-state index in [0.29, 0.717) is 18.6 Å². The van der Waals surface area contributed by atoms with E-state index in [1.54, 1.807) is 0 Å². The van der Waals surface area contributed by atoms with Crippen LogP contribution < -0.4 is 16.0 Å². The van der Waals surface area contributed by atoms with Crippen LogP contribution >= 0.6 is 11.8 Å². The van der Waals surface area contributed by atoms with Crippen molar-refractivity contribution in [1.82, 2.24) is 16.0 Å². The molecule has 29 heavy (non-hydrogen) atoms. The molecule has 3 unspecified atom stereocenters. The summed E-state index contributed by atoms with van der Waals surface area (Å²) in [7, 11) is 0. The number of nitrogens with one attached hydrogen (secondary N) is 3. The lowest BCUT2D eigenvalue weighted by Gasteiger charge is -2.23. The van der Waals surface area contributed by atoms with Crippen molar-refractivity contribution in [2.75, 3.05) is 12.0 Å². The minimum absolute atomic E-state index is 0.158. The lowest BCUT2D eigenvalue weighted by atomic mass is 10.0. The van der Waals surface area contributed by atoms with Gasteiger partial charge in [0.25, 0.3) is 0 Å². The van der Waals surface area contributed by atoms with E-state index in [9.17, 15) is 24.0 Å². The number of rotatable bonds is 14. The first-order valence-electron chi connectivity index (χ1n) is 9.59. The largest absolute Gasteiger partial charge is 0.481 e. The molecular formula is C19H33N3O6S. The van der Waals surface area contributed by atoms with Gasteiger partial charge in [-0.3, -0.25) is 24.0 Å². The molecule has 166 valence electrons. The highest BCUT2D eigenvalue weighted by Crippen LogP contribution is 2.07. The summed E-state index contributed by atoms with van der Waals surface area (Å²) < 4.78 is 0. The smallest absolute Gasteiger partial charge is 0.303 e. The van der Waals surface area contributed by atoms with Crippen LogP contribution in [-0.4, -0.2) is 64.7 Å². The fourth-order valence-electron chi connectivity index (χ4n) is 2.47. The zero-order valence-corrected chi connectivity index (χ0v) is 18.6. The van der Waals surface area contributed by atoms with E-state index in [4.69, 9.17) is 5.11 Å². The van der Waals surface area contributed by atoms with Crippen LogP contribution in [0.5, 0.6) is 0 Å². The number of Topliss-reactive ketones (excluding diaryl/α,β-unsaturated/α-hetero) is 1. The highest BCUT2D eigenvalue weighted by atomic mass is 32.2. The maximum absolute atomic E-state index is 12.5. The Bertz CT molecular complexity index is 596. The average molecular weight is 432 g/mol. The highest BCUT2D eigenvalue weighted by Gasteiger charge is 2.26. The summed E-state index contributed by atoms with van der Waals surface area (Å²) in [6.45, 7) is 6.78. The summed E-state index contributed by atoms with van der Waals surface area (Å²) in [6, 6.07) is -2.40. The first-order valence-corrected chi connectivity index (χ1v) is 11.0. The molecule has 0 aliphatic rings. The van der Waals surface area contributed by atoms with Gasteiger partial charge >= 0.3 is 5.97 Å². The van der Waals surface area contributed by atoms with Crippen LogP contribution in [-0.2, 0) is 24.0 Å². The van der Waals surface area contributed by atoms with Crippen LogP contribution in [0, 0.1) is 5.92 Å². The van der Waals surface area contributed by atoms with Gasteiger partial charge in [-0.2, -0.15) is 11.8 Å². The predicted octanol–water partition coefficient (Wildman–Crippen LogP) is 0.714. The second-order valence-corrected chi connectivity index (χ2v) is 8.31. The molecule has 0 spiro atoms. The summed E-state index contributed by atoms with van der Waals surface area (Å²) in [5.74, 6) is -2.01. The standard InChI is InChI=1S/C19H33N3O6S/c1-11(2)10-15(13(4)23)22-18(27)12(3)20-19(28)14(8-9-29-5)21-16(24)6-7-17(25)26/h11-12,14-15H,6-10H2,1-5H3,(H,20,28)(H,21,24)(H,22,27)(H,25,26). The molecule has 3 amide bonds. The second-order valence-electron chi connectivity index (χ2n) is 7.33. The highest BCUT2D eigenvalue weighted by molar-refractivity contribution is 7.98. The number of ketones is 1. The summed E-state index contributed by atoms with van der Waals surface area (Å²) in [4.78, 5) is 59.1. The molecule has 9 nitrogen and oxygen atoms in total. The summed E-state index contributed by atoms with van der Waals surface area (Å²) >= 11 is 1.49. The van der Waals surface area contributed by atoms with E-state index in [0.717, 1.165) is 0 Å². The van der Waals surface area contributed by atoms with Crippen LogP contribution in [0.4, 0.5) is 0 Å². The average Bonchev–Trinajstić information content (AvgIpc) is 2.61. The van der Waals surface area contributed by atoms with E-state index in [-0.39, 0.29) is 24.5 Å². The van der Waals surface area contributed by atoms with Crippen LogP contribution in [0.2, 0.25) is 0 Å². The summed E-state index contributed by atoms with van der Waals surface area (Å²) in [5.41, 5.74) is 0. The third-order valence-electron chi connectivity index (χ3n) is 4.09. The number of amides is 3. The maximum atomic E-state index is 12.5. The van der Waals surface area contributed by atoms with Gasteiger partial charge in [-0.05, 0) is 44.6 Å². The van der Waals surface area contributed by atoms with Gasteiger partial charge in [0.15, 0.2) is 5.78 Å². The number of aliphatic carboxylic acids is 1. The zero-order valence-electron chi connectivity index (χ0n) is 17.7. The molecule has 0 saturated heterocycles. The molecule has 0 aromatic heterocycles. The quantitative estimate of drug-likeness (QED) is 0.317. The molecule has 0 aliphatic carbocycles. The van der Waals surface area contributed by atoms with Crippen LogP contribution in [0.1, 0.15) is 53.4 Å². The van der Waals surface area contributed by atoms with Gasteiger partial charge in [-0.1, -0.05) is 13.8 Å². The normalized spacial score (nSPS) is 13.9. The number of carbonyl (C=O) groups excluding carboxylic acids is 4. The van der Waals surface area contributed by atoms with Gasteiger partial charge in [0.05, 0.1) is 12.5 Å². The third-order valence-corrected chi connectivity index (χ3v) is 4.74. The first-order chi connectivity index (χ1) is 13.5. The minimum atomic E-state index is -1.10. The third kappa shape index (κ3) is 12.1. The first kappa shape index (κ1) is 26.9. The second kappa shape index (κ2) is 14.0. The Labute approximate surface area is 176 Å². The number of hydrogen-bond donors (Lipinski definition) is 4. The lowest BCUT2D eigenvalue weighted by molar-refractivity contribution is -0.139. The molecule has 0 bridgehead atoms. The molecule has 0 saturated carbocycles. The van der Waals surface area contributed by atoms with Gasteiger partial charge in [0, 0.05) is 6.42 Å². The Morgan fingerprint density at radius 1 is 0.897 bits per heavy atom. The molecule has 0 fully saturated rings. The van der Waals surface area contributed by atoms with Crippen molar-refractivity contribution in [3.05, 3.63) is 0 Å². The number of carboxylic acid groups (broad SMARTS) is 1. The van der Waals surface area contributed by atoms with Gasteiger partial charge in [-0.15, -0.1) is 0 Å². The monoisotopic (exact) mass is 431 g/mol. The van der Waals surface area contributed by atoms with Crippen molar-refractivity contribution < 1.29 is 29.1 Å². The number of hydrogen-bond acceptors (Lipinski definition) is 6. The molecule has 3 atom stereocenters. The van der Waals surface area contributed by atoms with Gasteiger partial charge in [0.2, 0.25) is 17.7 Å². The Morgan fingerprint density at radius 2 is 1.52 bits per heavy atom. The van der Waals surface area contributed by atoms with Crippen LogP contribution in [0.15, 0.2) is 0 Å². The van der Waals surface area contributed by atoms with Crippen molar-refractivity contribution in [2.24, 2.45) is 5.92 Å². The van der Waals surface area contributed by atoms with E-state index in [1.165, 1.54) is 25.6 Å². The van der Waals surface area contributed by atoms with Crippen molar-refractivity contribution >= 4 is 41.2 Å². The number of carboxylic acids is 1. The van der Waals surface area contributed by atoms with Crippen molar-refractivity contribution in [2.45, 2.75) is 71.5 Å². The Hall–Kier alpha value is -2.10. The predicted molar refractivity (Wildman–Crippen MR) is 111 cm³/mol. The lowest BCUT2D eigenvalue weighted by Crippen LogP contribution is -2.54. The van der Waals surface area contributed by atoms with Gasteiger partial charge < -0.3 is 21.1 Å². The number of thioether (sulfide) groups is 1. The van der Waals surface area contributed by atoms with Gasteiger partial charge in [-0.25, -0.2) is 0 Å². The summed E-state index contributed by atoms with van der Waals surface area (Å²) in [6.07, 6.45) is 2.13. The molecule has 0 aromatic rings. The van der Waals surface area contributed by atoms with Crippen LogP contribution in [0.25, 0.3) is 0 Å². The van der Waals surface area contributed by atoms with Crippen molar-refractivity contribution in [3.63, 3.8) is 0 Å².